The van der Waals surface area contributed by atoms with E-state index in [1.54, 1.807) is 18.2 Å². The van der Waals surface area contributed by atoms with Crippen LogP contribution in [0.4, 0.5) is 10.2 Å². The quantitative estimate of drug-likeness (QED) is 0.694. The maximum atomic E-state index is 13.4. The first-order valence-electron chi connectivity index (χ1n) is 5.39. The number of ketones is 1. The molecule has 0 radical (unpaired) electrons. The van der Waals surface area contributed by atoms with Crippen molar-refractivity contribution in [2.45, 2.75) is 4.90 Å². The highest BCUT2D eigenvalue weighted by Crippen LogP contribution is 2.24. The Hall–Kier alpha value is -1.59. The molecule has 0 aliphatic rings. The van der Waals surface area contributed by atoms with Gasteiger partial charge in [-0.15, -0.1) is 11.8 Å². The Morgan fingerprint density at radius 1 is 1.42 bits per heavy atom. The maximum absolute atomic E-state index is 13.4. The monoisotopic (exact) mass is 296 g/mol. The fraction of sp³-hybridized carbons (Fsp3) is 0.0769. The summed E-state index contributed by atoms with van der Waals surface area (Å²) in [6.07, 6.45) is 1.37. The number of carbonyl (C=O) groups is 1. The number of halogens is 2. The molecule has 2 rings (SSSR count). The normalized spacial score (nSPS) is 10.4. The number of anilines is 1. The predicted molar refractivity (Wildman–Crippen MR) is 75.1 cm³/mol. The summed E-state index contributed by atoms with van der Waals surface area (Å²) < 4.78 is 13.4. The minimum absolute atomic E-state index is 0.0765. The molecule has 1 aromatic heterocycles. The number of nitrogen functional groups attached to an aromatic ring is 1. The number of benzene rings is 1. The van der Waals surface area contributed by atoms with Crippen molar-refractivity contribution in [3.63, 3.8) is 0 Å². The van der Waals surface area contributed by atoms with E-state index in [-0.39, 0.29) is 28.7 Å². The molecule has 0 atom stereocenters. The van der Waals surface area contributed by atoms with Gasteiger partial charge in [-0.25, -0.2) is 9.37 Å². The van der Waals surface area contributed by atoms with E-state index in [1.165, 1.54) is 18.3 Å². The summed E-state index contributed by atoms with van der Waals surface area (Å²) in [6, 6.07) is 7.74. The fourth-order valence-corrected chi connectivity index (χ4v) is 2.44. The van der Waals surface area contributed by atoms with E-state index < -0.39 is 0 Å². The van der Waals surface area contributed by atoms with Gasteiger partial charge in [0.15, 0.2) is 5.78 Å². The molecule has 0 aliphatic carbocycles. The standard InChI is InChI=1S/C13H10ClFN2OS/c14-8-5-9(13(16)17-6-8)11(18)7-19-12-4-2-1-3-10(12)15/h1-6H,7H2,(H2,16,17). The van der Waals surface area contributed by atoms with Crippen molar-refractivity contribution in [2.75, 3.05) is 11.5 Å². The smallest absolute Gasteiger partial charge is 0.176 e. The second kappa shape index (κ2) is 6.04. The molecule has 0 saturated heterocycles. The van der Waals surface area contributed by atoms with E-state index in [0.29, 0.717) is 9.92 Å². The molecule has 2 N–H and O–H groups in total. The largest absolute Gasteiger partial charge is 0.383 e. The Kier molecular flexibility index (Phi) is 4.39. The van der Waals surface area contributed by atoms with Gasteiger partial charge in [-0.2, -0.15) is 0 Å². The number of thioether (sulfide) groups is 1. The summed E-state index contributed by atoms with van der Waals surface area (Å²) in [6.45, 7) is 0. The lowest BCUT2D eigenvalue weighted by Gasteiger charge is -2.05. The molecule has 0 fully saturated rings. The molecule has 2 aromatic rings. The van der Waals surface area contributed by atoms with Gasteiger partial charge in [-0.3, -0.25) is 4.79 Å². The second-order valence-corrected chi connectivity index (χ2v) is 5.18. The molecule has 1 heterocycles. The molecular weight excluding hydrogens is 287 g/mol. The topological polar surface area (TPSA) is 56.0 Å². The van der Waals surface area contributed by atoms with Crippen LogP contribution in [0.5, 0.6) is 0 Å². The number of aromatic nitrogens is 1. The van der Waals surface area contributed by atoms with Gasteiger partial charge < -0.3 is 5.73 Å². The first kappa shape index (κ1) is 13.8. The number of carbonyl (C=O) groups excluding carboxylic acids is 1. The lowest BCUT2D eigenvalue weighted by molar-refractivity contribution is 0.102. The molecule has 0 saturated carbocycles. The first-order chi connectivity index (χ1) is 9.08. The summed E-state index contributed by atoms with van der Waals surface area (Å²) in [5.41, 5.74) is 5.88. The number of hydrogen-bond donors (Lipinski definition) is 1. The van der Waals surface area contributed by atoms with Crippen molar-refractivity contribution in [3.05, 3.63) is 52.9 Å². The van der Waals surface area contributed by atoms with Crippen LogP contribution in [-0.4, -0.2) is 16.5 Å². The molecule has 0 spiro atoms. The predicted octanol–water partition coefficient (Wildman–Crippen LogP) is 3.43. The molecule has 1 aromatic carbocycles. The first-order valence-corrected chi connectivity index (χ1v) is 6.76. The number of nitrogens with zero attached hydrogens (tertiary/aromatic N) is 1. The van der Waals surface area contributed by atoms with Crippen molar-refractivity contribution in [1.29, 1.82) is 0 Å². The maximum Gasteiger partial charge on any atom is 0.176 e. The summed E-state index contributed by atoms with van der Waals surface area (Å²) in [7, 11) is 0. The Labute approximate surface area is 119 Å². The van der Waals surface area contributed by atoms with Gasteiger partial charge in [-0.05, 0) is 18.2 Å². The Morgan fingerprint density at radius 2 is 2.16 bits per heavy atom. The highest BCUT2D eigenvalue weighted by molar-refractivity contribution is 8.00. The van der Waals surface area contributed by atoms with E-state index in [4.69, 9.17) is 17.3 Å². The van der Waals surface area contributed by atoms with Crippen LogP contribution in [0, 0.1) is 5.82 Å². The average Bonchev–Trinajstić information content (AvgIpc) is 2.40. The van der Waals surface area contributed by atoms with Gasteiger partial charge in [0.25, 0.3) is 0 Å². The van der Waals surface area contributed by atoms with Crippen LogP contribution < -0.4 is 5.73 Å². The van der Waals surface area contributed by atoms with Crippen LogP contribution in [0.2, 0.25) is 5.02 Å². The van der Waals surface area contributed by atoms with E-state index in [0.717, 1.165) is 11.8 Å². The number of rotatable bonds is 4. The van der Waals surface area contributed by atoms with Crippen LogP contribution in [0.3, 0.4) is 0 Å². The van der Waals surface area contributed by atoms with Crippen LogP contribution in [0.25, 0.3) is 0 Å². The third-order valence-corrected chi connectivity index (χ3v) is 3.64. The van der Waals surface area contributed by atoms with Gasteiger partial charge in [0.2, 0.25) is 0 Å². The lowest BCUT2D eigenvalue weighted by Crippen LogP contribution is -2.08. The van der Waals surface area contributed by atoms with Crippen molar-refractivity contribution >= 4 is 35.0 Å². The van der Waals surface area contributed by atoms with E-state index in [1.807, 2.05) is 0 Å². The average molecular weight is 297 g/mol. The van der Waals surface area contributed by atoms with Crippen molar-refractivity contribution in [1.82, 2.24) is 4.98 Å². The van der Waals surface area contributed by atoms with Crippen molar-refractivity contribution in [2.24, 2.45) is 0 Å². The van der Waals surface area contributed by atoms with Crippen LogP contribution >= 0.6 is 23.4 Å². The van der Waals surface area contributed by atoms with Gasteiger partial charge >= 0.3 is 0 Å². The molecule has 6 heteroatoms. The molecule has 3 nitrogen and oxygen atoms in total. The number of pyridine rings is 1. The van der Waals surface area contributed by atoms with Gasteiger partial charge in [0.05, 0.1) is 16.3 Å². The zero-order chi connectivity index (χ0) is 13.8. The summed E-state index contributed by atoms with van der Waals surface area (Å²) in [4.78, 5) is 16.2. The van der Waals surface area contributed by atoms with E-state index >= 15 is 0 Å². The Morgan fingerprint density at radius 3 is 2.89 bits per heavy atom. The molecule has 0 unspecified atom stereocenters. The number of nitrogens with two attached hydrogens (primary N) is 1. The molecule has 98 valence electrons. The van der Waals surface area contributed by atoms with Gasteiger partial charge in [0, 0.05) is 11.1 Å². The van der Waals surface area contributed by atoms with E-state index in [9.17, 15) is 9.18 Å². The summed E-state index contributed by atoms with van der Waals surface area (Å²) in [5.74, 6) is -0.380. The highest BCUT2D eigenvalue weighted by Gasteiger charge is 2.13. The zero-order valence-corrected chi connectivity index (χ0v) is 11.3. The lowest BCUT2D eigenvalue weighted by atomic mass is 10.2. The minimum atomic E-state index is -0.350. The zero-order valence-electron chi connectivity index (χ0n) is 9.77. The van der Waals surface area contributed by atoms with Crippen LogP contribution in [0.1, 0.15) is 10.4 Å². The third-order valence-electron chi connectivity index (χ3n) is 2.38. The molecular formula is C13H10ClFN2OS. The van der Waals surface area contributed by atoms with Crippen molar-refractivity contribution in [3.8, 4) is 0 Å². The van der Waals surface area contributed by atoms with Gasteiger partial charge in [-0.1, -0.05) is 23.7 Å². The molecule has 0 amide bonds. The highest BCUT2D eigenvalue weighted by atomic mass is 35.5. The summed E-state index contributed by atoms with van der Waals surface area (Å²) >= 11 is 6.88. The molecule has 19 heavy (non-hydrogen) atoms. The summed E-state index contributed by atoms with van der Waals surface area (Å²) in [5, 5.41) is 0.341. The fourth-order valence-electron chi connectivity index (χ4n) is 1.46. The Bertz CT molecular complexity index is 621. The Balaban J connectivity index is 2.10. The van der Waals surface area contributed by atoms with Crippen molar-refractivity contribution < 1.29 is 9.18 Å². The molecule has 0 bridgehead atoms. The van der Waals surface area contributed by atoms with Crippen LogP contribution in [-0.2, 0) is 0 Å². The number of hydrogen-bond acceptors (Lipinski definition) is 4. The third kappa shape index (κ3) is 3.45. The van der Waals surface area contributed by atoms with Crippen LogP contribution in [0.15, 0.2) is 41.4 Å². The SMILES string of the molecule is Nc1ncc(Cl)cc1C(=O)CSc1ccccc1F. The minimum Gasteiger partial charge on any atom is -0.383 e. The van der Waals surface area contributed by atoms with E-state index in [2.05, 4.69) is 4.98 Å². The van der Waals surface area contributed by atoms with Gasteiger partial charge in [0.1, 0.15) is 11.6 Å². The molecule has 0 aliphatic heterocycles. The second-order valence-electron chi connectivity index (χ2n) is 3.73. The number of Topliss-reactive ketones (excluding diaryl/α,β-unsaturated/α-hetero) is 1.